The molecule has 7 nitrogen and oxygen atoms in total. The van der Waals surface area contributed by atoms with Crippen molar-refractivity contribution in [2.45, 2.75) is 25.3 Å². The lowest BCUT2D eigenvalue weighted by atomic mass is 9.78. The van der Waals surface area contributed by atoms with Gasteiger partial charge < -0.3 is 14.5 Å². The van der Waals surface area contributed by atoms with E-state index in [1.165, 1.54) is 0 Å². The van der Waals surface area contributed by atoms with E-state index in [9.17, 15) is 14.4 Å². The van der Waals surface area contributed by atoms with Gasteiger partial charge in [0, 0.05) is 32.3 Å². The van der Waals surface area contributed by atoms with Gasteiger partial charge in [-0.2, -0.15) is 11.3 Å². The van der Waals surface area contributed by atoms with Crippen LogP contribution in [0.3, 0.4) is 0 Å². The zero-order chi connectivity index (χ0) is 23.5. The Morgan fingerprint density at radius 1 is 1.06 bits per heavy atom. The summed E-state index contributed by atoms with van der Waals surface area (Å²) >= 11 is 1.61. The highest BCUT2D eigenvalue weighted by molar-refractivity contribution is 7.08. The van der Waals surface area contributed by atoms with Gasteiger partial charge in [-0.3, -0.25) is 14.5 Å². The molecule has 34 heavy (non-hydrogen) atoms. The molecule has 0 N–H and O–H groups in total. The van der Waals surface area contributed by atoms with Crippen LogP contribution in [0.5, 0.6) is 0 Å². The van der Waals surface area contributed by atoms with Gasteiger partial charge in [0.2, 0.25) is 11.8 Å². The van der Waals surface area contributed by atoms with Crippen molar-refractivity contribution >= 4 is 35.3 Å². The van der Waals surface area contributed by atoms with Crippen molar-refractivity contribution in [3.63, 3.8) is 0 Å². The summed E-state index contributed by atoms with van der Waals surface area (Å²) in [4.78, 5) is 43.4. The first-order valence-electron chi connectivity index (χ1n) is 11.8. The van der Waals surface area contributed by atoms with Crippen LogP contribution in [0, 0.1) is 5.41 Å². The number of piperidine rings is 1. The smallest absolute Gasteiger partial charge is 0.410 e. The van der Waals surface area contributed by atoms with E-state index in [4.69, 9.17) is 4.74 Å². The minimum atomic E-state index is -0.432. The Morgan fingerprint density at radius 3 is 2.50 bits per heavy atom. The third-order valence-electron chi connectivity index (χ3n) is 7.35. The van der Waals surface area contributed by atoms with E-state index in [2.05, 4.69) is 0 Å². The van der Waals surface area contributed by atoms with E-state index >= 15 is 0 Å². The van der Waals surface area contributed by atoms with E-state index in [1.807, 2.05) is 63.0 Å². The fraction of sp³-hybridized carbons (Fsp3) is 0.423. The normalized spacial score (nSPS) is 22.1. The molecule has 1 aromatic heterocycles. The first-order valence-corrected chi connectivity index (χ1v) is 12.7. The molecule has 1 atom stereocenters. The van der Waals surface area contributed by atoms with Gasteiger partial charge in [-0.25, -0.2) is 4.79 Å². The lowest BCUT2D eigenvalue weighted by Crippen LogP contribution is -2.45. The maximum Gasteiger partial charge on any atom is 0.410 e. The molecule has 0 radical (unpaired) electrons. The molecule has 4 heterocycles. The second-order valence-electron chi connectivity index (χ2n) is 9.41. The molecule has 178 valence electrons. The molecule has 0 aliphatic carbocycles. The molecule has 3 aliphatic heterocycles. The Bertz CT molecular complexity index is 1060. The lowest BCUT2D eigenvalue weighted by Gasteiger charge is -2.39. The number of ether oxygens (including phenoxy) is 1. The Hall–Kier alpha value is -3.13. The number of amides is 3. The van der Waals surface area contributed by atoms with Crippen LogP contribution in [0.4, 0.5) is 4.79 Å². The highest BCUT2D eigenvalue weighted by Crippen LogP contribution is 2.40. The van der Waals surface area contributed by atoms with Crippen LogP contribution in [0.1, 0.15) is 36.4 Å². The molecule has 0 saturated carbocycles. The van der Waals surface area contributed by atoms with Gasteiger partial charge in [-0.05, 0) is 58.7 Å². The maximum atomic E-state index is 13.1. The Labute approximate surface area is 203 Å². The van der Waals surface area contributed by atoms with Crippen LogP contribution in [-0.4, -0.2) is 71.9 Å². The van der Waals surface area contributed by atoms with Crippen molar-refractivity contribution in [2.75, 3.05) is 39.3 Å². The summed E-state index contributed by atoms with van der Waals surface area (Å²) in [5.41, 5.74) is 2.09. The van der Waals surface area contributed by atoms with Gasteiger partial charge in [0.1, 0.15) is 13.2 Å². The lowest BCUT2D eigenvalue weighted by molar-refractivity contribution is -0.132. The Morgan fingerprint density at radius 2 is 1.79 bits per heavy atom. The number of hydrogen-bond acceptors (Lipinski definition) is 5. The summed E-state index contributed by atoms with van der Waals surface area (Å²) in [6.07, 6.45) is 5.82. The number of cyclic esters (lactones) is 1. The zero-order valence-corrected chi connectivity index (χ0v) is 19.9. The van der Waals surface area contributed by atoms with Gasteiger partial charge >= 0.3 is 6.09 Å². The molecule has 1 unspecified atom stereocenters. The molecule has 3 amide bonds. The molecule has 0 bridgehead atoms. The fourth-order valence-electron chi connectivity index (χ4n) is 5.22. The maximum absolute atomic E-state index is 13.1. The van der Waals surface area contributed by atoms with E-state index in [0.29, 0.717) is 26.2 Å². The van der Waals surface area contributed by atoms with Gasteiger partial charge in [0.05, 0.1) is 6.04 Å². The van der Waals surface area contributed by atoms with Crippen LogP contribution in [0.15, 0.2) is 53.2 Å². The number of benzene rings is 1. The van der Waals surface area contributed by atoms with Crippen LogP contribution in [0.25, 0.3) is 6.08 Å². The molecule has 2 aromatic rings. The predicted molar refractivity (Wildman–Crippen MR) is 130 cm³/mol. The second-order valence-corrected chi connectivity index (χ2v) is 10.2. The van der Waals surface area contributed by atoms with E-state index in [-0.39, 0.29) is 36.4 Å². The Balaban J connectivity index is 1.15. The van der Waals surface area contributed by atoms with Gasteiger partial charge in [0.25, 0.3) is 0 Å². The fourth-order valence-corrected chi connectivity index (χ4v) is 5.85. The van der Waals surface area contributed by atoms with Crippen molar-refractivity contribution in [1.29, 1.82) is 0 Å². The Kier molecular flexibility index (Phi) is 6.41. The first-order chi connectivity index (χ1) is 16.5. The molecular weight excluding hydrogens is 450 g/mol. The summed E-state index contributed by atoms with van der Waals surface area (Å²) in [5, 5.41) is 4.01. The molecule has 3 fully saturated rings. The van der Waals surface area contributed by atoms with Crippen molar-refractivity contribution in [1.82, 2.24) is 14.7 Å². The number of nitrogens with zero attached hydrogens (tertiary/aromatic N) is 3. The SMILES string of the molecule is O=C(C=Cc1ccsc1)N1CCC2(CC1)CCN(C(=O)CN1C(=O)OCC1c1ccccc1)C2. The monoisotopic (exact) mass is 479 g/mol. The van der Waals surface area contributed by atoms with Crippen molar-refractivity contribution in [3.8, 4) is 0 Å². The van der Waals surface area contributed by atoms with Gasteiger partial charge in [0.15, 0.2) is 0 Å². The average molecular weight is 480 g/mol. The predicted octanol–water partition coefficient (Wildman–Crippen LogP) is 3.80. The summed E-state index contributed by atoms with van der Waals surface area (Å²) < 4.78 is 5.26. The van der Waals surface area contributed by atoms with E-state index in [1.54, 1.807) is 22.3 Å². The third-order valence-corrected chi connectivity index (χ3v) is 8.06. The number of rotatable bonds is 5. The number of likely N-dealkylation sites (tertiary alicyclic amines) is 2. The zero-order valence-electron chi connectivity index (χ0n) is 19.1. The number of carbonyl (C=O) groups excluding carboxylic acids is 3. The summed E-state index contributed by atoms with van der Waals surface area (Å²) in [6.45, 7) is 3.12. The number of hydrogen-bond donors (Lipinski definition) is 0. The number of thiophene rings is 1. The second kappa shape index (κ2) is 9.62. The largest absolute Gasteiger partial charge is 0.447 e. The van der Waals surface area contributed by atoms with Crippen LogP contribution in [-0.2, 0) is 14.3 Å². The van der Waals surface area contributed by atoms with Crippen LogP contribution in [0.2, 0.25) is 0 Å². The third kappa shape index (κ3) is 4.73. The summed E-state index contributed by atoms with van der Waals surface area (Å²) in [7, 11) is 0. The highest BCUT2D eigenvalue weighted by atomic mass is 32.1. The number of carbonyl (C=O) groups is 3. The van der Waals surface area contributed by atoms with Crippen LogP contribution < -0.4 is 0 Å². The van der Waals surface area contributed by atoms with Gasteiger partial charge in [-0.1, -0.05) is 30.3 Å². The van der Waals surface area contributed by atoms with E-state index < -0.39 is 6.09 Å². The topological polar surface area (TPSA) is 70.2 Å². The van der Waals surface area contributed by atoms with E-state index in [0.717, 1.165) is 30.4 Å². The van der Waals surface area contributed by atoms with Crippen molar-refractivity contribution in [3.05, 3.63) is 64.4 Å². The minimum absolute atomic E-state index is 0.0335. The van der Waals surface area contributed by atoms with Crippen molar-refractivity contribution in [2.24, 2.45) is 5.41 Å². The van der Waals surface area contributed by atoms with Crippen LogP contribution >= 0.6 is 11.3 Å². The van der Waals surface area contributed by atoms with Gasteiger partial charge in [-0.15, -0.1) is 0 Å². The standard InChI is InChI=1S/C26H29N3O4S/c30-23(7-6-20-8-15-34-18-20)27-12-9-26(10-13-27)11-14-28(19-26)24(31)16-29-22(17-33-25(29)32)21-4-2-1-3-5-21/h1-8,15,18,22H,9-14,16-17,19H2. The molecule has 1 aromatic carbocycles. The summed E-state index contributed by atoms with van der Waals surface area (Å²) in [6, 6.07) is 11.5. The highest BCUT2D eigenvalue weighted by Gasteiger charge is 2.44. The average Bonchev–Trinajstić information content (AvgIpc) is 3.60. The molecule has 3 saturated heterocycles. The molecular formula is C26H29N3O4S. The molecule has 1 spiro atoms. The summed E-state index contributed by atoms with van der Waals surface area (Å²) in [5.74, 6) is 0.0142. The molecule has 3 aliphatic rings. The quantitative estimate of drug-likeness (QED) is 0.612. The minimum Gasteiger partial charge on any atom is -0.447 e. The molecule has 5 rings (SSSR count). The van der Waals surface area contributed by atoms with Crippen molar-refractivity contribution < 1.29 is 19.1 Å². The molecule has 8 heteroatoms. The first kappa shape index (κ1) is 22.7.